The highest BCUT2D eigenvalue weighted by atomic mass is 19.1. The van der Waals surface area contributed by atoms with Gasteiger partial charge in [-0.3, -0.25) is 14.7 Å². The van der Waals surface area contributed by atoms with Crippen molar-refractivity contribution >= 4 is 28.6 Å². The molecule has 178 valence electrons. The zero-order valence-electron chi connectivity index (χ0n) is 20.9. The standard InChI is InChI=1S/C28H33FN4O/c1-17(2)32-11-13-33(14-12-32)19-8-10-20-22(15-19)28(3,4)27-23(26(20)34)21-9-7-18(16-30-5)24(29)25(21)31(27)6/h7-10,15-17H,11-14H2,1-6H3/b30-16-. The molecule has 1 fully saturated rings. The number of carbonyl (C=O) groups is 1. The number of hydrogen-bond donors (Lipinski definition) is 0. The Kier molecular flexibility index (Phi) is 5.40. The third-order valence-electron chi connectivity index (χ3n) is 7.74. The zero-order valence-corrected chi connectivity index (χ0v) is 20.9. The summed E-state index contributed by atoms with van der Waals surface area (Å²) in [5.41, 5.74) is 4.80. The van der Waals surface area contributed by atoms with Crippen molar-refractivity contribution in [2.45, 2.75) is 39.2 Å². The molecule has 0 atom stereocenters. The molecule has 0 spiro atoms. The summed E-state index contributed by atoms with van der Waals surface area (Å²) in [5.74, 6) is -0.362. The molecule has 5 rings (SSSR count). The molecular weight excluding hydrogens is 427 g/mol. The Labute approximate surface area is 200 Å². The summed E-state index contributed by atoms with van der Waals surface area (Å²) >= 11 is 0. The van der Waals surface area contributed by atoms with Crippen molar-refractivity contribution in [3.8, 4) is 0 Å². The quantitative estimate of drug-likeness (QED) is 0.529. The van der Waals surface area contributed by atoms with E-state index in [1.165, 1.54) is 6.21 Å². The predicted molar refractivity (Wildman–Crippen MR) is 137 cm³/mol. The van der Waals surface area contributed by atoms with Gasteiger partial charge in [0.15, 0.2) is 11.6 Å². The molecule has 3 aromatic rings. The minimum Gasteiger partial charge on any atom is -0.369 e. The molecule has 0 unspecified atom stereocenters. The van der Waals surface area contributed by atoms with Crippen LogP contribution in [0.2, 0.25) is 0 Å². The minimum absolute atomic E-state index is 0.0255. The lowest BCUT2D eigenvalue weighted by Gasteiger charge is -2.39. The molecule has 0 amide bonds. The van der Waals surface area contributed by atoms with Crippen molar-refractivity contribution in [2.75, 3.05) is 38.1 Å². The van der Waals surface area contributed by atoms with Gasteiger partial charge in [0.1, 0.15) is 0 Å². The Hall–Kier alpha value is -2.99. The molecule has 2 heterocycles. The van der Waals surface area contributed by atoms with Crippen LogP contribution in [-0.2, 0) is 12.5 Å². The van der Waals surface area contributed by atoms with Crippen LogP contribution in [-0.4, -0.2) is 60.7 Å². The van der Waals surface area contributed by atoms with E-state index in [4.69, 9.17) is 0 Å². The van der Waals surface area contributed by atoms with Crippen LogP contribution >= 0.6 is 0 Å². The van der Waals surface area contributed by atoms with Crippen LogP contribution in [0.25, 0.3) is 10.9 Å². The summed E-state index contributed by atoms with van der Waals surface area (Å²) in [6.45, 7) is 12.8. The van der Waals surface area contributed by atoms with Gasteiger partial charge in [0.05, 0.1) is 11.1 Å². The molecule has 2 aliphatic rings. The van der Waals surface area contributed by atoms with E-state index in [1.807, 2.05) is 23.7 Å². The second-order valence-electron chi connectivity index (χ2n) is 10.3. The van der Waals surface area contributed by atoms with Gasteiger partial charge in [0.2, 0.25) is 0 Å². The van der Waals surface area contributed by atoms with Crippen molar-refractivity contribution in [2.24, 2.45) is 12.0 Å². The number of nitrogens with zero attached hydrogens (tertiary/aromatic N) is 4. The summed E-state index contributed by atoms with van der Waals surface area (Å²) in [6.07, 6.45) is 1.52. The number of benzene rings is 2. The van der Waals surface area contributed by atoms with Gasteiger partial charge < -0.3 is 9.47 Å². The van der Waals surface area contributed by atoms with E-state index < -0.39 is 5.41 Å². The average molecular weight is 461 g/mol. The van der Waals surface area contributed by atoms with Crippen molar-refractivity contribution in [1.82, 2.24) is 9.47 Å². The molecular formula is C28H33FN4O. The van der Waals surface area contributed by atoms with E-state index in [1.54, 1.807) is 13.1 Å². The average Bonchev–Trinajstić information content (AvgIpc) is 3.13. The molecule has 1 aliphatic carbocycles. The number of anilines is 1. The number of carbonyl (C=O) groups excluding carboxylic acids is 1. The van der Waals surface area contributed by atoms with Crippen molar-refractivity contribution < 1.29 is 9.18 Å². The normalized spacial score (nSPS) is 18.2. The lowest BCUT2D eigenvalue weighted by atomic mass is 9.71. The molecule has 1 aliphatic heterocycles. The number of rotatable bonds is 3. The Bertz CT molecular complexity index is 1330. The van der Waals surface area contributed by atoms with E-state index in [9.17, 15) is 4.79 Å². The lowest BCUT2D eigenvalue weighted by molar-refractivity contribution is 0.103. The van der Waals surface area contributed by atoms with Crippen LogP contribution in [0.1, 0.15) is 60.4 Å². The number of aryl methyl sites for hydroxylation is 1. The molecule has 34 heavy (non-hydrogen) atoms. The first kappa shape index (κ1) is 22.8. The van der Waals surface area contributed by atoms with Gasteiger partial charge in [0.25, 0.3) is 0 Å². The smallest absolute Gasteiger partial charge is 0.195 e. The van der Waals surface area contributed by atoms with E-state index in [-0.39, 0.29) is 11.6 Å². The van der Waals surface area contributed by atoms with Crippen LogP contribution < -0.4 is 4.90 Å². The van der Waals surface area contributed by atoms with E-state index >= 15 is 4.39 Å². The van der Waals surface area contributed by atoms with E-state index in [2.05, 4.69) is 54.6 Å². The van der Waals surface area contributed by atoms with Gasteiger partial charge >= 0.3 is 0 Å². The Morgan fingerprint density at radius 1 is 1.09 bits per heavy atom. The van der Waals surface area contributed by atoms with Crippen molar-refractivity contribution in [3.63, 3.8) is 0 Å². The first-order chi connectivity index (χ1) is 16.2. The lowest BCUT2D eigenvalue weighted by Crippen LogP contribution is -2.49. The summed E-state index contributed by atoms with van der Waals surface area (Å²) in [4.78, 5) is 22.7. The van der Waals surface area contributed by atoms with Crippen LogP contribution in [0.5, 0.6) is 0 Å². The maximum Gasteiger partial charge on any atom is 0.195 e. The number of aromatic nitrogens is 1. The van der Waals surface area contributed by atoms with Crippen LogP contribution in [0.3, 0.4) is 0 Å². The van der Waals surface area contributed by atoms with Crippen LogP contribution in [0.15, 0.2) is 35.3 Å². The highest BCUT2D eigenvalue weighted by Gasteiger charge is 2.42. The number of fused-ring (bicyclic) bond motifs is 4. The summed E-state index contributed by atoms with van der Waals surface area (Å²) < 4.78 is 17.3. The Morgan fingerprint density at radius 2 is 1.79 bits per heavy atom. The maximum absolute atomic E-state index is 15.5. The topological polar surface area (TPSA) is 40.8 Å². The molecule has 2 aromatic carbocycles. The molecule has 6 heteroatoms. The highest BCUT2D eigenvalue weighted by Crippen LogP contribution is 2.46. The second-order valence-corrected chi connectivity index (χ2v) is 10.3. The summed E-state index contributed by atoms with van der Waals surface area (Å²) in [7, 11) is 3.50. The summed E-state index contributed by atoms with van der Waals surface area (Å²) in [6, 6.07) is 10.3. The van der Waals surface area contributed by atoms with Crippen LogP contribution in [0, 0.1) is 5.82 Å². The van der Waals surface area contributed by atoms with Gasteiger partial charge in [-0.05, 0) is 43.7 Å². The third kappa shape index (κ3) is 3.22. The fraction of sp³-hybridized carbons (Fsp3) is 0.429. The predicted octanol–water partition coefficient (Wildman–Crippen LogP) is 4.77. The highest BCUT2D eigenvalue weighted by molar-refractivity contribution is 6.20. The number of halogens is 1. The Balaban J connectivity index is 1.62. The van der Waals surface area contributed by atoms with Gasteiger partial charge in [-0.1, -0.05) is 19.9 Å². The first-order valence-corrected chi connectivity index (χ1v) is 12.1. The summed E-state index contributed by atoms with van der Waals surface area (Å²) in [5, 5.41) is 0.667. The minimum atomic E-state index is -0.451. The number of ketones is 1. The van der Waals surface area contributed by atoms with Gasteiger partial charge in [-0.25, -0.2) is 4.39 Å². The van der Waals surface area contributed by atoms with E-state index in [0.717, 1.165) is 43.1 Å². The molecule has 0 N–H and O–H groups in total. The largest absolute Gasteiger partial charge is 0.369 e. The van der Waals surface area contributed by atoms with Gasteiger partial charge in [0, 0.05) is 85.8 Å². The van der Waals surface area contributed by atoms with Gasteiger partial charge in [-0.2, -0.15) is 0 Å². The molecule has 0 bridgehead atoms. The molecule has 5 nitrogen and oxygen atoms in total. The van der Waals surface area contributed by atoms with Crippen LogP contribution in [0.4, 0.5) is 10.1 Å². The van der Waals surface area contributed by atoms with Gasteiger partial charge in [-0.15, -0.1) is 0 Å². The Morgan fingerprint density at radius 3 is 2.44 bits per heavy atom. The van der Waals surface area contributed by atoms with E-state index in [0.29, 0.717) is 33.6 Å². The third-order valence-corrected chi connectivity index (χ3v) is 7.74. The molecule has 0 radical (unpaired) electrons. The molecule has 0 saturated carbocycles. The molecule has 1 aromatic heterocycles. The fourth-order valence-corrected chi connectivity index (χ4v) is 5.92. The maximum atomic E-state index is 15.5. The number of piperazine rings is 1. The fourth-order valence-electron chi connectivity index (χ4n) is 5.92. The number of aliphatic imine (C=N–C) groups is 1. The first-order valence-electron chi connectivity index (χ1n) is 12.1. The van der Waals surface area contributed by atoms with Crippen molar-refractivity contribution in [3.05, 3.63) is 64.1 Å². The molecule has 1 saturated heterocycles. The SMILES string of the molecule is C/N=C\c1ccc2c3c(n(C)c2c1F)C(C)(C)c1cc(N2CCN(C(C)C)CC2)ccc1C3=O. The monoisotopic (exact) mass is 460 g/mol. The zero-order chi connectivity index (χ0) is 24.4. The number of hydrogen-bond acceptors (Lipinski definition) is 4. The van der Waals surface area contributed by atoms with Crippen molar-refractivity contribution in [1.29, 1.82) is 0 Å². The second kappa shape index (κ2) is 8.05.